The first-order valence-corrected chi connectivity index (χ1v) is 8.75. The standard InChI is InChI=1S/C19H23N3O4/c1-2-16(23)20-14-5-3-4-13(12-14)18(25)21-15-6-7-17(24)22-19(15)8-10-26-11-9-19/h2-5,12,15H,1,6-11H2,(H,20,23)(H,21,25)(H,22,24). The van der Waals surface area contributed by atoms with Gasteiger partial charge >= 0.3 is 0 Å². The molecule has 1 aromatic carbocycles. The van der Waals surface area contributed by atoms with Crippen LogP contribution in [0, 0.1) is 0 Å². The minimum atomic E-state index is -0.447. The largest absolute Gasteiger partial charge is 0.381 e. The molecule has 2 fully saturated rings. The van der Waals surface area contributed by atoms with Crippen LogP contribution >= 0.6 is 0 Å². The fourth-order valence-corrected chi connectivity index (χ4v) is 3.57. The number of carbonyl (C=O) groups is 3. The lowest BCUT2D eigenvalue weighted by Gasteiger charge is -2.47. The third-order valence-corrected chi connectivity index (χ3v) is 4.98. The zero-order chi connectivity index (χ0) is 18.6. The molecule has 1 unspecified atom stereocenters. The van der Waals surface area contributed by atoms with Crippen molar-refractivity contribution in [1.82, 2.24) is 10.6 Å². The Bertz CT molecular complexity index is 725. The van der Waals surface area contributed by atoms with Crippen LogP contribution in [0.3, 0.4) is 0 Å². The van der Waals surface area contributed by atoms with Crippen molar-refractivity contribution in [1.29, 1.82) is 0 Å². The number of piperidine rings is 1. The summed E-state index contributed by atoms with van der Waals surface area (Å²) in [4.78, 5) is 36.1. The second kappa shape index (κ2) is 7.70. The minimum absolute atomic E-state index is 0.0199. The zero-order valence-corrected chi connectivity index (χ0v) is 14.5. The number of rotatable bonds is 4. The van der Waals surface area contributed by atoms with Crippen LogP contribution in [0.1, 0.15) is 36.0 Å². The fraction of sp³-hybridized carbons (Fsp3) is 0.421. The third kappa shape index (κ3) is 3.94. The van der Waals surface area contributed by atoms with Crippen molar-refractivity contribution in [3.8, 4) is 0 Å². The number of hydrogen-bond donors (Lipinski definition) is 3. The smallest absolute Gasteiger partial charge is 0.251 e. The SMILES string of the molecule is C=CC(=O)Nc1cccc(C(=O)NC2CCC(=O)NC23CCOCC3)c1. The minimum Gasteiger partial charge on any atom is -0.381 e. The van der Waals surface area contributed by atoms with Gasteiger partial charge in [-0.2, -0.15) is 0 Å². The van der Waals surface area contributed by atoms with Crippen LogP contribution in [0.4, 0.5) is 5.69 Å². The number of carbonyl (C=O) groups excluding carboxylic acids is 3. The van der Waals surface area contributed by atoms with Crippen molar-refractivity contribution in [2.75, 3.05) is 18.5 Å². The van der Waals surface area contributed by atoms with Crippen LogP contribution < -0.4 is 16.0 Å². The molecule has 26 heavy (non-hydrogen) atoms. The van der Waals surface area contributed by atoms with Gasteiger partial charge in [0, 0.05) is 30.9 Å². The molecular formula is C19H23N3O4. The number of amides is 3. The van der Waals surface area contributed by atoms with Crippen molar-refractivity contribution in [3.05, 3.63) is 42.5 Å². The summed E-state index contributed by atoms with van der Waals surface area (Å²) >= 11 is 0. The molecule has 3 rings (SSSR count). The van der Waals surface area contributed by atoms with Crippen LogP contribution in [0.25, 0.3) is 0 Å². The quantitative estimate of drug-likeness (QED) is 0.709. The van der Waals surface area contributed by atoms with Gasteiger partial charge in [-0.3, -0.25) is 14.4 Å². The molecule has 1 atom stereocenters. The van der Waals surface area contributed by atoms with E-state index in [4.69, 9.17) is 4.74 Å². The Labute approximate surface area is 152 Å². The Morgan fingerprint density at radius 1 is 1.31 bits per heavy atom. The zero-order valence-electron chi connectivity index (χ0n) is 14.5. The van der Waals surface area contributed by atoms with E-state index in [1.807, 2.05) is 0 Å². The molecule has 7 nitrogen and oxygen atoms in total. The molecule has 1 aromatic rings. The number of ether oxygens (including phenoxy) is 1. The van der Waals surface area contributed by atoms with Gasteiger partial charge in [-0.25, -0.2) is 0 Å². The van der Waals surface area contributed by atoms with E-state index in [0.717, 1.165) is 0 Å². The lowest BCUT2D eigenvalue weighted by Crippen LogP contribution is -2.67. The van der Waals surface area contributed by atoms with E-state index in [1.54, 1.807) is 24.3 Å². The van der Waals surface area contributed by atoms with Crippen molar-refractivity contribution >= 4 is 23.4 Å². The van der Waals surface area contributed by atoms with E-state index in [0.29, 0.717) is 50.1 Å². The maximum atomic E-state index is 12.7. The van der Waals surface area contributed by atoms with Gasteiger partial charge in [-0.05, 0) is 43.5 Å². The van der Waals surface area contributed by atoms with E-state index in [9.17, 15) is 14.4 Å². The summed E-state index contributed by atoms with van der Waals surface area (Å²) in [6.45, 7) is 4.54. The van der Waals surface area contributed by atoms with Gasteiger partial charge in [0.15, 0.2) is 0 Å². The first-order valence-electron chi connectivity index (χ1n) is 8.75. The molecule has 2 aliphatic rings. The number of benzene rings is 1. The Morgan fingerprint density at radius 2 is 2.08 bits per heavy atom. The molecule has 0 aromatic heterocycles. The van der Waals surface area contributed by atoms with Crippen molar-refractivity contribution in [2.45, 2.75) is 37.3 Å². The van der Waals surface area contributed by atoms with Crippen molar-refractivity contribution in [2.24, 2.45) is 0 Å². The van der Waals surface area contributed by atoms with E-state index in [2.05, 4.69) is 22.5 Å². The summed E-state index contributed by atoms with van der Waals surface area (Å²) in [5.41, 5.74) is 0.531. The summed E-state index contributed by atoms with van der Waals surface area (Å²) in [5, 5.41) is 8.79. The maximum Gasteiger partial charge on any atom is 0.251 e. The topological polar surface area (TPSA) is 96.5 Å². The Morgan fingerprint density at radius 3 is 2.81 bits per heavy atom. The average molecular weight is 357 g/mol. The normalized spacial score (nSPS) is 21.5. The first kappa shape index (κ1) is 18.1. The highest BCUT2D eigenvalue weighted by atomic mass is 16.5. The first-order chi connectivity index (χ1) is 12.5. The van der Waals surface area contributed by atoms with Gasteiger partial charge in [0.1, 0.15) is 0 Å². The predicted octanol–water partition coefficient (Wildman–Crippen LogP) is 1.37. The van der Waals surface area contributed by atoms with E-state index >= 15 is 0 Å². The van der Waals surface area contributed by atoms with Gasteiger partial charge in [0.2, 0.25) is 11.8 Å². The average Bonchev–Trinajstić information content (AvgIpc) is 2.65. The molecule has 1 spiro atoms. The van der Waals surface area contributed by atoms with Crippen LogP contribution in [-0.4, -0.2) is 42.5 Å². The second-order valence-electron chi connectivity index (χ2n) is 6.66. The molecule has 2 heterocycles. The maximum absolute atomic E-state index is 12.7. The van der Waals surface area contributed by atoms with Crippen LogP contribution in [-0.2, 0) is 14.3 Å². The van der Waals surface area contributed by atoms with Gasteiger partial charge < -0.3 is 20.7 Å². The van der Waals surface area contributed by atoms with Gasteiger partial charge in [0.05, 0.1) is 11.6 Å². The second-order valence-corrected chi connectivity index (χ2v) is 6.66. The molecule has 0 saturated carbocycles. The lowest BCUT2D eigenvalue weighted by molar-refractivity contribution is -0.128. The van der Waals surface area contributed by atoms with E-state index in [1.165, 1.54) is 6.08 Å². The molecular weight excluding hydrogens is 334 g/mol. The van der Waals surface area contributed by atoms with Gasteiger partial charge in [-0.15, -0.1) is 0 Å². The highest BCUT2D eigenvalue weighted by Crippen LogP contribution is 2.30. The summed E-state index contributed by atoms with van der Waals surface area (Å²) in [7, 11) is 0. The van der Waals surface area contributed by atoms with Crippen molar-refractivity contribution in [3.63, 3.8) is 0 Å². The summed E-state index contributed by atoms with van der Waals surface area (Å²) in [6.07, 6.45) is 3.53. The molecule has 7 heteroatoms. The summed E-state index contributed by atoms with van der Waals surface area (Å²) in [5.74, 6) is -0.544. The highest BCUT2D eigenvalue weighted by Gasteiger charge is 2.45. The van der Waals surface area contributed by atoms with Crippen molar-refractivity contribution < 1.29 is 19.1 Å². The molecule has 0 bridgehead atoms. The van der Waals surface area contributed by atoms with E-state index in [-0.39, 0.29) is 23.8 Å². The lowest BCUT2D eigenvalue weighted by atomic mass is 9.77. The number of anilines is 1. The third-order valence-electron chi connectivity index (χ3n) is 4.98. The summed E-state index contributed by atoms with van der Waals surface area (Å²) in [6, 6.07) is 6.58. The molecule has 3 N–H and O–H groups in total. The van der Waals surface area contributed by atoms with Gasteiger partial charge in [-0.1, -0.05) is 12.6 Å². The monoisotopic (exact) mass is 357 g/mol. The molecule has 2 aliphatic heterocycles. The highest BCUT2D eigenvalue weighted by molar-refractivity contribution is 6.01. The summed E-state index contributed by atoms with van der Waals surface area (Å²) < 4.78 is 5.42. The van der Waals surface area contributed by atoms with Crippen LogP contribution in [0.2, 0.25) is 0 Å². The van der Waals surface area contributed by atoms with Gasteiger partial charge in [0.25, 0.3) is 5.91 Å². The molecule has 3 amide bonds. The molecule has 2 saturated heterocycles. The Kier molecular flexibility index (Phi) is 5.37. The molecule has 0 aliphatic carbocycles. The van der Waals surface area contributed by atoms with Crippen LogP contribution in [0.5, 0.6) is 0 Å². The fourth-order valence-electron chi connectivity index (χ4n) is 3.57. The van der Waals surface area contributed by atoms with Crippen LogP contribution in [0.15, 0.2) is 36.9 Å². The Balaban J connectivity index is 1.74. The molecule has 138 valence electrons. The predicted molar refractivity (Wildman–Crippen MR) is 96.7 cm³/mol. The van der Waals surface area contributed by atoms with E-state index < -0.39 is 5.54 Å². The number of hydrogen-bond acceptors (Lipinski definition) is 4. The molecule has 0 radical (unpaired) electrons. The Hall–Kier alpha value is -2.67. The number of nitrogens with one attached hydrogen (secondary N) is 3.